The van der Waals surface area contributed by atoms with Crippen molar-refractivity contribution in [2.75, 3.05) is 0 Å². The molecule has 2 aromatic rings. The quantitative estimate of drug-likeness (QED) is 0.575. The van der Waals surface area contributed by atoms with Crippen LogP contribution in [-0.4, -0.2) is 35.0 Å². The summed E-state index contributed by atoms with van der Waals surface area (Å²) in [7, 11) is 0. The molecule has 0 unspecified atom stereocenters. The van der Waals surface area contributed by atoms with Gasteiger partial charge in [0.2, 0.25) is 11.8 Å². The molecule has 6 nitrogen and oxygen atoms in total. The topological polar surface area (TPSA) is 95.5 Å². The molecule has 3 N–H and O–H groups in total. The number of hydrogen-bond donors (Lipinski definition) is 3. The molecule has 0 saturated heterocycles. The zero-order chi connectivity index (χ0) is 20.7. The van der Waals surface area contributed by atoms with Crippen LogP contribution in [0.2, 0.25) is 0 Å². The molecular formula is C20H20BrFN2O4. The van der Waals surface area contributed by atoms with Crippen molar-refractivity contribution in [1.29, 1.82) is 0 Å². The molecule has 2 atom stereocenters. The summed E-state index contributed by atoms with van der Waals surface area (Å²) in [5, 5.41) is 14.4. The van der Waals surface area contributed by atoms with Crippen molar-refractivity contribution in [2.45, 2.75) is 31.8 Å². The number of halogens is 2. The van der Waals surface area contributed by atoms with Crippen LogP contribution in [0.1, 0.15) is 18.1 Å². The van der Waals surface area contributed by atoms with Crippen LogP contribution in [0.25, 0.3) is 0 Å². The molecule has 0 bridgehead atoms. The zero-order valence-corrected chi connectivity index (χ0v) is 16.7. The van der Waals surface area contributed by atoms with Gasteiger partial charge in [0, 0.05) is 24.2 Å². The standard InChI is InChI=1S/C20H20BrFN2O4/c1-12(25)23-17(11-14-7-3-5-9-16(14)22)19(26)24-18(20(27)28)10-13-6-2-4-8-15(13)21/h2-9,17-18H,10-11H2,1H3,(H,23,25)(H,24,26)(H,27,28)/t17-,18+/m0/s1. The summed E-state index contributed by atoms with van der Waals surface area (Å²) in [5.74, 6) is -2.89. The van der Waals surface area contributed by atoms with Crippen LogP contribution < -0.4 is 10.6 Å². The highest BCUT2D eigenvalue weighted by Gasteiger charge is 2.27. The second kappa shape index (κ2) is 9.98. The summed E-state index contributed by atoms with van der Waals surface area (Å²) < 4.78 is 14.7. The third kappa shape index (κ3) is 6.16. The number of benzene rings is 2. The van der Waals surface area contributed by atoms with Gasteiger partial charge in [0.25, 0.3) is 0 Å². The number of carboxylic acids is 1. The van der Waals surface area contributed by atoms with Crippen LogP contribution >= 0.6 is 15.9 Å². The maximum absolute atomic E-state index is 13.9. The number of carboxylic acid groups (broad SMARTS) is 1. The average molecular weight is 451 g/mol. The lowest BCUT2D eigenvalue weighted by molar-refractivity contribution is -0.142. The number of rotatable bonds is 8. The number of aliphatic carboxylic acids is 1. The van der Waals surface area contributed by atoms with Gasteiger partial charge in [-0.25, -0.2) is 9.18 Å². The molecular weight excluding hydrogens is 431 g/mol. The van der Waals surface area contributed by atoms with Crippen LogP contribution in [0.5, 0.6) is 0 Å². The summed E-state index contributed by atoms with van der Waals surface area (Å²) in [5.41, 5.74) is 0.953. The normalized spacial score (nSPS) is 12.7. The number of amides is 2. The van der Waals surface area contributed by atoms with Gasteiger partial charge in [0.05, 0.1) is 0 Å². The maximum atomic E-state index is 13.9. The van der Waals surface area contributed by atoms with E-state index >= 15 is 0 Å². The van der Waals surface area contributed by atoms with Gasteiger partial charge in [-0.05, 0) is 23.3 Å². The third-order valence-electron chi connectivity index (χ3n) is 4.07. The van der Waals surface area contributed by atoms with Gasteiger partial charge >= 0.3 is 5.97 Å². The van der Waals surface area contributed by atoms with Crippen LogP contribution in [0, 0.1) is 5.82 Å². The first-order valence-electron chi connectivity index (χ1n) is 8.55. The van der Waals surface area contributed by atoms with E-state index in [1.807, 2.05) is 0 Å². The summed E-state index contributed by atoms with van der Waals surface area (Å²) in [6, 6.07) is 10.7. The van der Waals surface area contributed by atoms with Crippen molar-refractivity contribution < 1.29 is 23.9 Å². The Morgan fingerprint density at radius 3 is 2.11 bits per heavy atom. The Hall–Kier alpha value is -2.74. The van der Waals surface area contributed by atoms with E-state index in [-0.39, 0.29) is 18.4 Å². The Morgan fingerprint density at radius 2 is 1.54 bits per heavy atom. The van der Waals surface area contributed by atoms with E-state index in [2.05, 4.69) is 26.6 Å². The van der Waals surface area contributed by atoms with Gasteiger partial charge in [-0.3, -0.25) is 9.59 Å². The number of carbonyl (C=O) groups excluding carboxylic acids is 2. The van der Waals surface area contributed by atoms with Crippen LogP contribution in [0.15, 0.2) is 53.0 Å². The lowest BCUT2D eigenvalue weighted by atomic mass is 10.0. The minimum atomic E-state index is -1.21. The summed E-state index contributed by atoms with van der Waals surface area (Å²) in [4.78, 5) is 35.8. The first kappa shape index (κ1) is 21.6. The summed E-state index contributed by atoms with van der Waals surface area (Å²) in [6.45, 7) is 1.23. The number of hydrogen-bond acceptors (Lipinski definition) is 3. The predicted molar refractivity (Wildman–Crippen MR) is 105 cm³/mol. The van der Waals surface area contributed by atoms with Crippen molar-refractivity contribution in [3.05, 3.63) is 69.9 Å². The Labute approximate surface area is 170 Å². The molecule has 0 fully saturated rings. The third-order valence-corrected chi connectivity index (χ3v) is 4.85. The van der Waals surface area contributed by atoms with Gasteiger partial charge in [-0.15, -0.1) is 0 Å². The van der Waals surface area contributed by atoms with E-state index in [0.29, 0.717) is 5.56 Å². The van der Waals surface area contributed by atoms with E-state index < -0.39 is 35.7 Å². The summed E-state index contributed by atoms with van der Waals surface area (Å²) >= 11 is 3.35. The molecule has 0 saturated carbocycles. The first-order valence-corrected chi connectivity index (χ1v) is 9.34. The van der Waals surface area contributed by atoms with Crippen molar-refractivity contribution in [3.63, 3.8) is 0 Å². The molecule has 0 aliphatic carbocycles. The largest absolute Gasteiger partial charge is 0.480 e. The maximum Gasteiger partial charge on any atom is 0.326 e. The first-order chi connectivity index (χ1) is 13.3. The van der Waals surface area contributed by atoms with E-state index in [1.54, 1.807) is 30.3 Å². The lowest BCUT2D eigenvalue weighted by Crippen LogP contribution is -2.52. The Bertz CT molecular complexity index is 875. The van der Waals surface area contributed by atoms with E-state index in [4.69, 9.17) is 0 Å². The Kier molecular flexibility index (Phi) is 7.69. The van der Waals surface area contributed by atoms with Crippen molar-refractivity contribution >= 4 is 33.7 Å². The van der Waals surface area contributed by atoms with Gasteiger partial charge in [0.15, 0.2) is 0 Å². The minimum Gasteiger partial charge on any atom is -0.480 e. The molecule has 2 rings (SSSR count). The summed E-state index contributed by atoms with van der Waals surface area (Å²) in [6.07, 6.45) is -0.0472. The Balaban J connectivity index is 2.17. The molecule has 8 heteroatoms. The highest BCUT2D eigenvalue weighted by atomic mass is 79.9. The van der Waals surface area contributed by atoms with Crippen molar-refractivity contribution in [1.82, 2.24) is 10.6 Å². The monoisotopic (exact) mass is 450 g/mol. The molecule has 0 aliphatic heterocycles. The Morgan fingerprint density at radius 1 is 0.964 bits per heavy atom. The van der Waals surface area contributed by atoms with E-state index in [1.165, 1.54) is 25.1 Å². The van der Waals surface area contributed by atoms with Crippen LogP contribution in [-0.2, 0) is 27.2 Å². The van der Waals surface area contributed by atoms with Crippen molar-refractivity contribution in [2.24, 2.45) is 0 Å². The number of nitrogens with one attached hydrogen (secondary N) is 2. The van der Waals surface area contributed by atoms with Crippen LogP contribution in [0.4, 0.5) is 4.39 Å². The van der Waals surface area contributed by atoms with Gasteiger partial charge < -0.3 is 15.7 Å². The molecule has 0 aliphatic rings. The highest BCUT2D eigenvalue weighted by Crippen LogP contribution is 2.18. The molecule has 0 aromatic heterocycles. The van der Waals surface area contributed by atoms with Gasteiger partial charge in [-0.2, -0.15) is 0 Å². The van der Waals surface area contributed by atoms with Gasteiger partial charge in [0.1, 0.15) is 17.9 Å². The molecule has 0 spiro atoms. The van der Waals surface area contributed by atoms with Gasteiger partial charge in [-0.1, -0.05) is 52.3 Å². The van der Waals surface area contributed by atoms with E-state index in [9.17, 15) is 23.9 Å². The fraction of sp³-hybridized carbons (Fsp3) is 0.250. The fourth-order valence-corrected chi connectivity index (χ4v) is 3.14. The van der Waals surface area contributed by atoms with Crippen LogP contribution in [0.3, 0.4) is 0 Å². The highest BCUT2D eigenvalue weighted by molar-refractivity contribution is 9.10. The molecule has 2 aromatic carbocycles. The smallest absolute Gasteiger partial charge is 0.326 e. The molecule has 28 heavy (non-hydrogen) atoms. The molecule has 0 heterocycles. The predicted octanol–water partition coefficient (Wildman–Crippen LogP) is 2.45. The van der Waals surface area contributed by atoms with E-state index in [0.717, 1.165) is 4.47 Å². The lowest BCUT2D eigenvalue weighted by Gasteiger charge is -2.21. The average Bonchev–Trinajstić information content (AvgIpc) is 2.63. The molecule has 2 amide bonds. The number of carbonyl (C=O) groups is 3. The molecule has 148 valence electrons. The second-order valence-corrected chi connectivity index (χ2v) is 7.10. The SMILES string of the molecule is CC(=O)N[C@@H](Cc1ccccc1F)C(=O)N[C@H](Cc1ccccc1Br)C(=O)O. The second-order valence-electron chi connectivity index (χ2n) is 6.24. The fourth-order valence-electron chi connectivity index (χ4n) is 2.69. The molecule has 0 radical (unpaired) electrons. The zero-order valence-electron chi connectivity index (χ0n) is 15.1. The minimum absolute atomic E-state index is 0.0506. The van der Waals surface area contributed by atoms with Crippen molar-refractivity contribution in [3.8, 4) is 0 Å².